The molecule has 138 valence electrons. The summed E-state index contributed by atoms with van der Waals surface area (Å²) < 4.78 is 39.9. The highest BCUT2D eigenvalue weighted by atomic mass is 32.2. The summed E-state index contributed by atoms with van der Waals surface area (Å²) in [6.07, 6.45) is 2.42. The molecule has 5 nitrogen and oxygen atoms in total. The number of hydrogen-bond donors (Lipinski definition) is 1. The summed E-state index contributed by atoms with van der Waals surface area (Å²) in [6, 6.07) is 13.6. The largest absolute Gasteiger partial charge is 0.337 e. The molecule has 0 aliphatic carbocycles. The zero-order chi connectivity index (χ0) is 18.7. The molecule has 0 spiro atoms. The van der Waals surface area contributed by atoms with E-state index in [0.717, 1.165) is 11.8 Å². The van der Waals surface area contributed by atoms with E-state index in [2.05, 4.69) is 4.72 Å². The van der Waals surface area contributed by atoms with Crippen LogP contribution in [0.25, 0.3) is 11.1 Å². The number of nitrogens with zero attached hydrogens (tertiary/aromatic N) is 1. The SMILES string of the molecule is CS(=O)(=O)N[C@H]1CCCN(C(=O)c2ccc(-c3ccccc3)cc2F)C1. The van der Waals surface area contributed by atoms with Crippen molar-refractivity contribution in [1.29, 1.82) is 0 Å². The molecule has 1 amide bonds. The highest BCUT2D eigenvalue weighted by Crippen LogP contribution is 2.23. The zero-order valence-corrected chi connectivity index (χ0v) is 15.3. The van der Waals surface area contributed by atoms with Gasteiger partial charge in [0.1, 0.15) is 5.82 Å². The van der Waals surface area contributed by atoms with Crippen LogP contribution in [-0.2, 0) is 10.0 Å². The van der Waals surface area contributed by atoms with Crippen molar-refractivity contribution in [3.8, 4) is 11.1 Å². The van der Waals surface area contributed by atoms with Crippen LogP contribution in [-0.4, -0.2) is 44.6 Å². The number of benzene rings is 2. The van der Waals surface area contributed by atoms with Gasteiger partial charge in [0.25, 0.3) is 5.91 Å². The van der Waals surface area contributed by atoms with Crippen LogP contribution >= 0.6 is 0 Å². The van der Waals surface area contributed by atoms with Crippen molar-refractivity contribution in [2.24, 2.45) is 0 Å². The summed E-state index contributed by atoms with van der Waals surface area (Å²) in [6.45, 7) is 0.729. The van der Waals surface area contributed by atoms with Gasteiger partial charge >= 0.3 is 0 Å². The molecule has 0 bridgehead atoms. The van der Waals surface area contributed by atoms with Gasteiger partial charge in [-0.1, -0.05) is 36.4 Å². The Labute approximate surface area is 152 Å². The number of carbonyl (C=O) groups is 1. The highest BCUT2D eigenvalue weighted by Gasteiger charge is 2.27. The fraction of sp³-hybridized carbons (Fsp3) is 0.316. The molecule has 0 saturated carbocycles. The van der Waals surface area contributed by atoms with Gasteiger partial charge in [0.2, 0.25) is 10.0 Å². The molecular weight excluding hydrogens is 355 g/mol. The van der Waals surface area contributed by atoms with Crippen LogP contribution in [0.4, 0.5) is 4.39 Å². The maximum atomic E-state index is 14.6. The molecule has 2 aromatic carbocycles. The molecule has 1 aliphatic heterocycles. The molecule has 1 saturated heterocycles. The van der Waals surface area contributed by atoms with E-state index in [1.165, 1.54) is 17.0 Å². The Morgan fingerprint density at radius 2 is 1.88 bits per heavy atom. The number of piperidine rings is 1. The maximum Gasteiger partial charge on any atom is 0.256 e. The Kier molecular flexibility index (Phi) is 5.38. The van der Waals surface area contributed by atoms with Gasteiger partial charge in [-0.3, -0.25) is 4.79 Å². The van der Waals surface area contributed by atoms with Crippen molar-refractivity contribution in [1.82, 2.24) is 9.62 Å². The average Bonchev–Trinajstić information content (AvgIpc) is 2.60. The monoisotopic (exact) mass is 376 g/mol. The molecule has 1 N–H and O–H groups in total. The number of rotatable bonds is 4. The van der Waals surface area contributed by atoms with E-state index in [1.807, 2.05) is 30.3 Å². The van der Waals surface area contributed by atoms with E-state index < -0.39 is 21.7 Å². The number of hydrogen-bond acceptors (Lipinski definition) is 3. The lowest BCUT2D eigenvalue weighted by Gasteiger charge is -2.32. The lowest BCUT2D eigenvalue weighted by atomic mass is 10.0. The highest BCUT2D eigenvalue weighted by molar-refractivity contribution is 7.88. The summed E-state index contributed by atoms with van der Waals surface area (Å²) in [5, 5.41) is 0. The Balaban J connectivity index is 1.77. The fourth-order valence-corrected chi connectivity index (χ4v) is 4.03. The van der Waals surface area contributed by atoms with E-state index in [1.54, 1.807) is 6.07 Å². The molecular formula is C19H21FN2O3S. The molecule has 7 heteroatoms. The maximum absolute atomic E-state index is 14.6. The number of sulfonamides is 1. The minimum absolute atomic E-state index is 0.00434. The summed E-state index contributed by atoms with van der Waals surface area (Å²) in [5.41, 5.74) is 1.58. The normalized spacial score (nSPS) is 17.9. The Hall–Kier alpha value is -2.25. The summed E-state index contributed by atoms with van der Waals surface area (Å²) in [7, 11) is -3.34. The first-order valence-electron chi connectivity index (χ1n) is 8.45. The molecule has 2 aromatic rings. The number of likely N-dealkylation sites (tertiary alicyclic amines) is 1. The summed E-state index contributed by atoms with van der Waals surface area (Å²) in [4.78, 5) is 14.2. The van der Waals surface area contributed by atoms with E-state index in [4.69, 9.17) is 0 Å². The fourth-order valence-electron chi connectivity index (χ4n) is 3.23. The van der Waals surface area contributed by atoms with Crippen LogP contribution < -0.4 is 4.72 Å². The van der Waals surface area contributed by atoms with Gasteiger partial charge in [-0.25, -0.2) is 17.5 Å². The van der Waals surface area contributed by atoms with Crippen molar-refractivity contribution in [2.75, 3.05) is 19.3 Å². The van der Waals surface area contributed by atoms with Gasteiger partial charge in [0.05, 0.1) is 11.8 Å². The standard InChI is InChI=1S/C19H21FN2O3S/c1-26(24,25)21-16-8-5-11-22(13-16)19(23)17-10-9-15(12-18(17)20)14-6-3-2-4-7-14/h2-4,6-7,9-10,12,16,21H,5,8,11,13H2,1H3/t16-/m0/s1. The topological polar surface area (TPSA) is 66.5 Å². The average molecular weight is 376 g/mol. The van der Waals surface area contributed by atoms with Crippen molar-refractivity contribution in [3.05, 3.63) is 59.9 Å². The molecule has 26 heavy (non-hydrogen) atoms. The van der Waals surface area contributed by atoms with Crippen LogP contribution in [0.15, 0.2) is 48.5 Å². The second kappa shape index (κ2) is 7.55. The van der Waals surface area contributed by atoms with Crippen molar-refractivity contribution in [2.45, 2.75) is 18.9 Å². The first-order chi connectivity index (χ1) is 12.3. The van der Waals surface area contributed by atoms with Crippen LogP contribution in [0.5, 0.6) is 0 Å². The van der Waals surface area contributed by atoms with Crippen LogP contribution in [0.1, 0.15) is 23.2 Å². The van der Waals surface area contributed by atoms with E-state index in [9.17, 15) is 17.6 Å². The van der Waals surface area contributed by atoms with E-state index in [0.29, 0.717) is 24.9 Å². The Bertz CT molecular complexity index is 900. The quantitative estimate of drug-likeness (QED) is 0.892. The third-order valence-corrected chi connectivity index (χ3v) is 5.16. The molecule has 1 fully saturated rings. The van der Waals surface area contributed by atoms with Gasteiger partial charge in [-0.05, 0) is 36.1 Å². The summed E-state index contributed by atoms with van der Waals surface area (Å²) in [5.74, 6) is -0.989. The summed E-state index contributed by atoms with van der Waals surface area (Å²) >= 11 is 0. The minimum atomic E-state index is -3.34. The molecule has 3 rings (SSSR count). The second-order valence-electron chi connectivity index (χ2n) is 6.54. The van der Waals surface area contributed by atoms with Crippen molar-refractivity contribution >= 4 is 15.9 Å². The van der Waals surface area contributed by atoms with Gasteiger partial charge in [-0.2, -0.15) is 0 Å². The molecule has 1 heterocycles. The van der Waals surface area contributed by atoms with Crippen molar-refractivity contribution < 1.29 is 17.6 Å². The van der Waals surface area contributed by atoms with Crippen LogP contribution in [0, 0.1) is 5.82 Å². The Morgan fingerprint density at radius 3 is 2.54 bits per heavy atom. The Morgan fingerprint density at radius 1 is 1.15 bits per heavy atom. The first kappa shape index (κ1) is 18.5. The van der Waals surface area contributed by atoms with Crippen LogP contribution in [0.2, 0.25) is 0 Å². The third-order valence-electron chi connectivity index (χ3n) is 4.40. The smallest absolute Gasteiger partial charge is 0.256 e. The number of carbonyl (C=O) groups excluding carboxylic acids is 1. The molecule has 0 radical (unpaired) electrons. The second-order valence-corrected chi connectivity index (χ2v) is 8.32. The number of nitrogens with one attached hydrogen (secondary N) is 1. The van der Waals surface area contributed by atoms with Crippen molar-refractivity contribution in [3.63, 3.8) is 0 Å². The number of halogens is 1. The van der Waals surface area contributed by atoms with E-state index in [-0.39, 0.29) is 18.2 Å². The van der Waals surface area contributed by atoms with Gasteiger partial charge in [-0.15, -0.1) is 0 Å². The molecule has 0 aromatic heterocycles. The lowest BCUT2D eigenvalue weighted by molar-refractivity contribution is 0.0698. The molecule has 1 aliphatic rings. The zero-order valence-electron chi connectivity index (χ0n) is 14.5. The van der Waals surface area contributed by atoms with E-state index >= 15 is 0 Å². The van der Waals surface area contributed by atoms with Gasteiger partial charge < -0.3 is 4.90 Å². The van der Waals surface area contributed by atoms with Crippen LogP contribution in [0.3, 0.4) is 0 Å². The van der Waals surface area contributed by atoms with Gasteiger partial charge in [0.15, 0.2) is 0 Å². The third kappa shape index (κ3) is 4.47. The molecule has 0 unspecified atom stereocenters. The molecule has 1 atom stereocenters. The first-order valence-corrected chi connectivity index (χ1v) is 10.3. The minimum Gasteiger partial charge on any atom is -0.337 e. The lowest BCUT2D eigenvalue weighted by Crippen LogP contribution is -2.49. The predicted octanol–water partition coefficient (Wildman–Crippen LogP) is 2.65. The van der Waals surface area contributed by atoms with Gasteiger partial charge in [0, 0.05) is 19.1 Å². The predicted molar refractivity (Wildman–Crippen MR) is 98.7 cm³/mol. The number of amides is 1.